The summed E-state index contributed by atoms with van der Waals surface area (Å²) in [4.78, 5) is 27.7. The maximum absolute atomic E-state index is 15.0. The molecule has 0 amide bonds. The Balaban J connectivity index is 1.90. The van der Waals surface area contributed by atoms with Gasteiger partial charge in [-0.25, -0.2) is 13.6 Å². The molecule has 3 heterocycles. The summed E-state index contributed by atoms with van der Waals surface area (Å²) < 4.78 is 36.7. The third-order valence-corrected chi connectivity index (χ3v) is 5.86. The van der Waals surface area contributed by atoms with E-state index in [1.807, 2.05) is 0 Å². The van der Waals surface area contributed by atoms with Gasteiger partial charge in [0, 0.05) is 23.0 Å². The van der Waals surface area contributed by atoms with Crippen LogP contribution in [-0.2, 0) is 6.54 Å². The molecule has 5 aromatic rings. The first-order chi connectivity index (χ1) is 16.7. The summed E-state index contributed by atoms with van der Waals surface area (Å²) in [7, 11) is 0. The van der Waals surface area contributed by atoms with Gasteiger partial charge in [0.25, 0.3) is 11.4 Å². The number of halogens is 2. The van der Waals surface area contributed by atoms with E-state index in [1.54, 1.807) is 0 Å². The fourth-order valence-electron chi connectivity index (χ4n) is 4.35. The molecule has 0 spiro atoms. The molecule has 3 aromatic heterocycles. The zero-order valence-corrected chi connectivity index (χ0v) is 17.9. The van der Waals surface area contributed by atoms with Crippen LogP contribution in [0, 0.1) is 11.6 Å². The van der Waals surface area contributed by atoms with Gasteiger partial charge in [0.15, 0.2) is 0 Å². The van der Waals surface area contributed by atoms with Gasteiger partial charge < -0.3 is 24.8 Å². The number of amidine groups is 1. The van der Waals surface area contributed by atoms with E-state index < -0.39 is 23.2 Å². The number of hydrogen-bond acceptors (Lipinski definition) is 4. The van der Waals surface area contributed by atoms with Crippen molar-refractivity contribution in [1.82, 2.24) is 9.55 Å². The number of carboxylic acid groups (broad SMARTS) is 1. The van der Waals surface area contributed by atoms with Crippen LogP contribution in [0.5, 0.6) is 0 Å². The number of anilines is 1. The average molecular weight is 478 g/mol. The predicted molar refractivity (Wildman–Crippen MR) is 125 cm³/mol. The number of hydrogen-bond donors (Lipinski definition) is 5. The minimum Gasteiger partial charge on any atom is -0.477 e. The van der Waals surface area contributed by atoms with Crippen molar-refractivity contribution in [3.8, 4) is 11.1 Å². The SMILES string of the molecule is NC(=[NH2+])c1cc(F)c(Cn2c(C(=O)O)c(-c3ccc[nH]c3=O)c3c4occc4c(F)cc32)cc1N. The molecule has 35 heavy (non-hydrogen) atoms. The lowest BCUT2D eigenvalue weighted by Gasteiger charge is -2.12. The van der Waals surface area contributed by atoms with E-state index in [2.05, 4.69) is 4.98 Å². The summed E-state index contributed by atoms with van der Waals surface area (Å²) >= 11 is 0. The van der Waals surface area contributed by atoms with E-state index in [9.17, 15) is 23.5 Å². The van der Waals surface area contributed by atoms with Gasteiger partial charge in [0.1, 0.15) is 22.9 Å². The molecule has 0 bridgehead atoms. The van der Waals surface area contributed by atoms with Gasteiger partial charge in [-0.1, -0.05) is 0 Å². The molecule has 0 saturated heterocycles. The first-order valence-electron chi connectivity index (χ1n) is 10.3. The highest BCUT2D eigenvalue weighted by Gasteiger charge is 2.29. The molecule has 0 saturated carbocycles. The van der Waals surface area contributed by atoms with E-state index in [4.69, 9.17) is 21.3 Å². The molecule has 0 atom stereocenters. The zero-order valence-electron chi connectivity index (χ0n) is 17.9. The molecule has 176 valence electrons. The van der Waals surface area contributed by atoms with E-state index in [-0.39, 0.29) is 67.9 Å². The number of furan rings is 1. The van der Waals surface area contributed by atoms with Crippen molar-refractivity contribution < 1.29 is 28.5 Å². The molecule has 11 heteroatoms. The summed E-state index contributed by atoms with van der Waals surface area (Å²) in [6, 6.07) is 7.81. The summed E-state index contributed by atoms with van der Waals surface area (Å²) in [6.45, 7) is -0.352. The Morgan fingerprint density at radius 1 is 1.20 bits per heavy atom. The quantitative estimate of drug-likeness (QED) is 0.147. The minimum atomic E-state index is -1.41. The number of carboxylic acids is 1. The number of aromatic nitrogens is 2. The first kappa shape index (κ1) is 21.9. The Bertz CT molecular complexity index is 1750. The van der Waals surface area contributed by atoms with Crippen molar-refractivity contribution in [2.75, 3.05) is 5.73 Å². The van der Waals surface area contributed by atoms with Crippen molar-refractivity contribution in [3.05, 3.63) is 87.7 Å². The summed E-state index contributed by atoms with van der Waals surface area (Å²) in [6.07, 6.45) is 2.66. The summed E-state index contributed by atoms with van der Waals surface area (Å²) in [5, 5.41) is 16.0. The molecule has 0 unspecified atom stereocenters. The number of pyridine rings is 1. The minimum absolute atomic E-state index is 0.000344. The number of nitrogens with one attached hydrogen (secondary N) is 1. The predicted octanol–water partition coefficient (Wildman–Crippen LogP) is 1.81. The number of benzene rings is 2. The van der Waals surface area contributed by atoms with Crippen LogP contribution >= 0.6 is 0 Å². The molecule has 8 N–H and O–H groups in total. The van der Waals surface area contributed by atoms with Crippen LogP contribution in [0.1, 0.15) is 21.6 Å². The summed E-state index contributed by atoms with van der Waals surface area (Å²) in [5.41, 5.74) is 11.0. The molecule has 0 fully saturated rings. The Morgan fingerprint density at radius 2 is 1.97 bits per heavy atom. The lowest BCUT2D eigenvalue weighted by molar-refractivity contribution is -0.114. The second-order valence-corrected chi connectivity index (χ2v) is 7.93. The number of nitrogens with zero attached hydrogens (tertiary/aromatic N) is 1. The second kappa shape index (κ2) is 7.83. The van der Waals surface area contributed by atoms with E-state index in [0.29, 0.717) is 0 Å². The molecule has 0 aliphatic carbocycles. The number of aromatic amines is 1. The first-order valence-corrected chi connectivity index (χ1v) is 10.3. The van der Waals surface area contributed by atoms with Crippen LogP contribution in [0.2, 0.25) is 0 Å². The van der Waals surface area contributed by atoms with Gasteiger partial charge in [-0.15, -0.1) is 0 Å². The van der Waals surface area contributed by atoms with Gasteiger partial charge in [-0.05, 0) is 36.4 Å². The van der Waals surface area contributed by atoms with E-state index in [0.717, 1.165) is 12.1 Å². The smallest absolute Gasteiger partial charge is 0.353 e. The molecule has 0 radical (unpaired) electrons. The molecular formula is C24H18F2N5O4+. The third kappa shape index (κ3) is 3.32. The highest BCUT2D eigenvalue weighted by molar-refractivity contribution is 6.17. The van der Waals surface area contributed by atoms with Gasteiger partial charge in [0.2, 0.25) is 0 Å². The fraction of sp³-hybridized carbons (Fsp3) is 0.0417. The van der Waals surface area contributed by atoms with Crippen molar-refractivity contribution in [2.45, 2.75) is 6.54 Å². The zero-order chi connectivity index (χ0) is 25.0. The van der Waals surface area contributed by atoms with E-state index >= 15 is 0 Å². The average Bonchev–Trinajstić information content (AvgIpc) is 3.40. The van der Waals surface area contributed by atoms with Crippen LogP contribution in [-0.4, -0.2) is 26.5 Å². The number of H-pyrrole nitrogens is 1. The monoisotopic (exact) mass is 478 g/mol. The maximum Gasteiger partial charge on any atom is 0.353 e. The number of carbonyl (C=O) groups is 1. The Hall–Kier alpha value is -4.93. The lowest BCUT2D eigenvalue weighted by atomic mass is 10.0. The van der Waals surface area contributed by atoms with Gasteiger partial charge in [-0.3, -0.25) is 15.9 Å². The topological polar surface area (TPSA) is 166 Å². The van der Waals surface area contributed by atoms with Crippen LogP contribution in [0.4, 0.5) is 14.5 Å². The Labute approximate surface area is 194 Å². The maximum atomic E-state index is 15.0. The van der Waals surface area contributed by atoms with Crippen molar-refractivity contribution in [2.24, 2.45) is 5.73 Å². The lowest BCUT2D eigenvalue weighted by Crippen LogP contribution is -2.46. The molecular weight excluding hydrogens is 460 g/mol. The van der Waals surface area contributed by atoms with Crippen molar-refractivity contribution >= 4 is 39.4 Å². The Kier molecular flexibility index (Phi) is 4.90. The standard InChI is InChI=1S/C24H17F2N5O4/c25-14-7-13(22(28)29)16(27)6-10(14)9-31-17-8-15(26)11-3-5-35-21(11)19(17)18(20(31)24(33)34)12-2-1-4-30-23(12)32/h1-8H,9,27H2,(H3,28,29)(H,30,32)(H,33,34)/p+1. The normalized spacial score (nSPS) is 11.4. The van der Waals surface area contributed by atoms with Gasteiger partial charge >= 0.3 is 5.97 Å². The number of aromatic carboxylic acids is 1. The molecule has 0 aliphatic rings. The number of fused-ring (bicyclic) bond motifs is 3. The molecule has 0 aliphatic heterocycles. The number of nitrogen functional groups attached to an aromatic ring is 1. The van der Waals surface area contributed by atoms with Crippen molar-refractivity contribution in [3.63, 3.8) is 0 Å². The number of rotatable bonds is 5. The van der Waals surface area contributed by atoms with E-state index in [1.165, 1.54) is 41.3 Å². The van der Waals surface area contributed by atoms with Crippen LogP contribution in [0.25, 0.3) is 33.0 Å². The highest BCUT2D eigenvalue weighted by atomic mass is 19.1. The Morgan fingerprint density at radius 3 is 2.66 bits per heavy atom. The molecule has 9 nitrogen and oxygen atoms in total. The van der Waals surface area contributed by atoms with Gasteiger partial charge in [-0.2, -0.15) is 0 Å². The molecule has 2 aromatic carbocycles. The van der Waals surface area contributed by atoms with Crippen LogP contribution in [0.3, 0.4) is 0 Å². The van der Waals surface area contributed by atoms with Crippen molar-refractivity contribution in [1.29, 1.82) is 0 Å². The highest BCUT2D eigenvalue weighted by Crippen LogP contribution is 2.40. The van der Waals surface area contributed by atoms with Gasteiger partial charge in [0.05, 0.1) is 40.2 Å². The van der Waals surface area contributed by atoms with Crippen LogP contribution < -0.4 is 22.4 Å². The van der Waals surface area contributed by atoms with Crippen LogP contribution in [0.15, 0.2) is 58.1 Å². The molecule has 5 rings (SSSR count). The second-order valence-electron chi connectivity index (χ2n) is 7.93. The largest absolute Gasteiger partial charge is 0.477 e. The fourth-order valence-corrected chi connectivity index (χ4v) is 4.35. The summed E-state index contributed by atoms with van der Waals surface area (Å²) in [5.74, 6) is -3.02. The third-order valence-electron chi connectivity index (χ3n) is 5.86. The number of nitrogens with two attached hydrogens (primary N) is 3.